The Bertz CT molecular complexity index is 496. The summed E-state index contributed by atoms with van der Waals surface area (Å²) in [4.78, 5) is 16.6. The first-order valence-corrected chi connectivity index (χ1v) is 8.58. The summed E-state index contributed by atoms with van der Waals surface area (Å²) >= 11 is 0. The highest BCUT2D eigenvalue weighted by Crippen LogP contribution is 2.15. The number of halogens is 2. The van der Waals surface area contributed by atoms with E-state index in [0.29, 0.717) is 13.0 Å². The van der Waals surface area contributed by atoms with E-state index in [1.54, 1.807) is 0 Å². The SMILES string of the molecule is CCN(CC)CCOC1CCN(C(=O)Cc2ccc(N)cc2)C1.Cl.Cl. The van der Waals surface area contributed by atoms with Crippen molar-refractivity contribution in [3.8, 4) is 0 Å². The Morgan fingerprint density at radius 2 is 1.88 bits per heavy atom. The zero-order chi connectivity index (χ0) is 16.7. The number of nitrogen functional groups attached to an aromatic ring is 1. The molecule has 2 rings (SSSR count). The Hall–Kier alpha value is -1.01. The van der Waals surface area contributed by atoms with Gasteiger partial charge in [0.25, 0.3) is 0 Å². The minimum atomic E-state index is 0. The Labute approximate surface area is 163 Å². The van der Waals surface area contributed by atoms with Gasteiger partial charge in [0.2, 0.25) is 5.91 Å². The summed E-state index contributed by atoms with van der Waals surface area (Å²) in [6.07, 6.45) is 1.55. The van der Waals surface area contributed by atoms with Crippen molar-refractivity contribution < 1.29 is 9.53 Å². The lowest BCUT2D eigenvalue weighted by Gasteiger charge is -2.20. The van der Waals surface area contributed by atoms with Gasteiger partial charge in [-0.15, -0.1) is 24.8 Å². The van der Waals surface area contributed by atoms with Crippen LogP contribution in [0.4, 0.5) is 5.69 Å². The molecule has 1 unspecified atom stereocenters. The van der Waals surface area contributed by atoms with Crippen molar-refractivity contribution in [2.24, 2.45) is 0 Å². The molecule has 1 aromatic carbocycles. The third-order valence-corrected chi connectivity index (χ3v) is 4.49. The zero-order valence-corrected chi connectivity index (χ0v) is 16.8. The molecule has 0 bridgehead atoms. The van der Waals surface area contributed by atoms with Crippen molar-refractivity contribution in [2.75, 3.05) is 45.1 Å². The van der Waals surface area contributed by atoms with Crippen molar-refractivity contribution in [1.82, 2.24) is 9.80 Å². The van der Waals surface area contributed by atoms with Crippen LogP contribution >= 0.6 is 24.8 Å². The number of likely N-dealkylation sites (tertiary alicyclic amines) is 1. The van der Waals surface area contributed by atoms with Gasteiger partial charge in [0, 0.05) is 25.3 Å². The largest absolute Gasteiger partial charge is 0.399 e. The fourth-order valence-electron chi connectivity index (χ4n) is 2.90. The average molecular weight is 392 g/mol. The first-order valence-electron chi connectivity index (χ1n) is 8.58. The lowest BCUT2D eigenvalue weighted by molar-refractivity contribution is -0.130. The van der Waals surface area contributed by atoms with E-state index in [1.165, 1.54) is 0 Å². The zero-order valence-electron chi connectivity index (χ0n) is 15.1. The third kappa shape index (κ3) is 7.82. The van der Waals surface area contributed by atoms with E-state index in [-0.39, 0.29) is 36.8 Å². The van der Waals surface area contributed by atoms with Gasteiger partial charge in [-0.25, -0.2) is 0 Å². The molecule has 144 valence electrons. The van der Waals surface area contributed by atoms with E-state index in [1.807, 2.05) is 29.2 Å². The summed E-state index contributed by atoms with van der Waals surface area (Å²) in [5, 5.41) is 0. The standard InChI is InChI=1S/C18H29N3O2.2ClH/c1-3-20(4-2)11-12-23-17-9-10-21(14-17)18(22)13-15-5-7-16(19)8-6-15;;/h5-8,17H,3-4,9-14,19H2,1-2H3;2*1H. The highest BCUT2D eigenvalue weighted by molar-refractivity contribution is 5.85. The van der Waals surface area contributed by atoms with Crippen LogP contribution < -0.4 is 5.73 Å². The van der Waals surface area contributed by atoms with Gasteiger partial charge in [-0.05, 0) is 37.2 Å². The number of likely N-dealkylation sites (N-methyl/N-ethyl adjacent to an activating group) is 1. The Morgan fingerprint density at radius 3 is 2.48 bits per heavy atom. The third-order valence-electron chi connectivity index (χ3n) is 4.49. The molecule has 1 atom stereocenters. The van der Waals surface area contributed by atoms with E-state index in [4.69, 9.17) is 10.5 Å². The second-order valence-electron chi connectivity index (χ2n) is 6.07. The molecule has 1 aromatic rings. The number of hydrogen-bond acceptors (Lipinski definition) is 4. The molecule has 1 heterocycles. The fourth-order valence-corrected chi connectivity index (χ4v) is 2.90. The van der Waals surface area contributed by atoms with Crippen LogP contribution in [-0.2, 0) is 16.0 Å². The number of hydrogen-bond donors (Lipinski definition) is 1. The van der Waals surface area contributed by atoms with Crippen molar-refractivity contribution in [2.45, 2.75) is 32.8 Å². The molecule has 2 N–H and O–H groups in total. The highest BCUT2D eigenvalue weighted by atomic mass is 35.5. The molecule has 0 spiro atoms. The lowest BCUT2D eigenvalue weighted by atomic mass is 10.1. The molecule has 1 amide bonds. The minimum absolute atomic E-state index is 0. The van der Waals surface area contributed by atoms with Gasteiger partial charge in [-0.1, -0.05) is 26.0 Å². The molecular weight excluding hydrogens is 361 g/mol. The molecule has 1 saturated heterocycles. The van der Waals surface area contributed by atoms with Crippen LogP contribution in [-0.4, -0.2) is 61.1 Å². The maximum absolute atomic E-state index is 12.4. The smallest absolute Gasteiger partial charge is 0.227 e. The molecule has 1 aliphatic heterocycles. The van der Waals surface area contributed by atoms with Gasteiger partial charge in [-0.2, -0.15) is 0 Å². The summed E-state index contributed by atoms with van der Waals surface area (Å²) in [5.74, 6) is 0.171. The van der Waals surface area contributed by atoms with Crippen molar-refractivity contribution in [3.63, 3.8) is 0 Å². The molecule has 5 nitrogen and oxygen atoms in total. The summed E-state index contributed by atoms with van der Waals surface area (Å²) in [7, 11) is 0. The van der Waals surface area contributed by atoms with Crippen LogP contribution in [0.5, 0.6) is 0 Å². The summed E-state index contributed by atoms with van der Waals surface area (Å²) in [5.41, 5.74) is 7.41. The number of ether oxygens (including phenoxy) is 1. The Kier molecular flexibility index (Phi) is 11.9. The van der Waals surface area contributed by atoms with E-state index in [9.17, 15) is 4.79 Å². The summed E-state index contributed by atoms with van der Waals surface area (Å²) in [6.45, 7) is 9.64. The van der Waals surface area contributed by atoms with Crippen LogP contribution in [0.2, 0.25) is 0 Å². The average Bonchev–Trinajstić information content (AvgIpc) is 3.03. The number of rotatable bonds is 8. The van der Waals surface area contributed by atoms with Gasteiger partial charge >= 0.3 is 0 Å². The van der Waals surface area contributed by atoms with Crippen molar-refractivity contribution in [1.29, 1.82) is 0 Å². The maximum Gasteiger partial charge on any atom is 0.227 e. The normalized spacial score (nSPS) is 16.4. The topological polar surface area (TPSA) is 58.8 Å². The van der Waals surface area contributed by atoms with E-state index in [0.717, 1.165) is 50.5 Å². The second-order valence-corrected chi connectivity index (χ2v) is 6.07. The summed E-state index contributed by atoms with van der Waals surface area (Å²) < 4.78 is 5.93. The van der Waals surface area contributed by atoms with Gasteiger partial charge in [0.05, 0.1) is 19.1 Å². The van der Waals surface area contributed by atoms with E-state index >= 15 is 0 Å². The molecule has 7 heteroatoms. The molecule has 1 aliphatic rings. The fraction of sp³-hybridized carbons (Fsp3) is 0.611. The molecule has 0 radical (unpaired) electrons. The second kappa shape index (κ2) is 12.4. The van der Waals surface area contributed by atoms with Crippen LogP contribution in [0.3, 0.4) is 0 Å². The molecule has 0 aliphatic carbocycles. The van der Waals surface area contributed by atoms with Gasteiger partial charge in [0.1, 0.15) is 0 Å². The first-order chi connectivity index (χ1) is 11.1. The number of amides is 1. The van der Waals surface area contributed by atoms with E-state index in [2.05, 4.69) is 18.7 Å². The molecule has 0 saturated carbocycles. The number of anilines is 1. The molecular formula is C18H31Cl2N3O2. The monoisotopic (exact) mass is 391 g/mol. The maximum atomic E-state index is 12.4. The molecule has 25 heavy (non-hydrogen) atoms. The number of nitrogens with zero attached hydrogens (tertiary/aromatic N) is 2. The molecule has 1 fully saturated rings. The minimum Gasteiger partial charge on any atom is -0.399 e. The number of carbonyl (C=O) groups is 1. The van der Waals surface area contributed by atoms with Crippen LogP contribution in [0, 0.1) is 0 Å². The van der Waals surface area contributed by atoms with Crippen LogP contribution in [0.25, 0.3) is 0 Å². The van der Waals surface area contributed by atoms with Crippen LogP contribution in [0.15, 0.2) is 24.3 Å². The van der Waals surface area contributed by atoms with E-state index < -0.39 is 0 Å². The summed E-state index contributed by atoms with van der Waals surface area (Å²) in [6, 6.07) is 7.51. The van der Waals surface area contributed by atoms with Crippen LogP contribution in [0.1, 0.15) is 25.8 Å². The number of nitrogens with two attached hydrogens (primary N) is 1. The number of benzene rings is 1. The molecule has 0 aromatic heterocycles. The quantitative estimate of drug-likeness (QED) is 0.691. The lowest BCUT2D eigenvalue weighted by Crippen LogP contribution is -2.32. The van der Waals surface area contributed by atoms with Crippen molar-refractivity contribution in [3.05, 3.63) is 29.8 Å². The van der Waals surface area contributed by atoms with Crippen molar-refractivity contribution >= 4 is 36.4 Å². The predicted molar refractivity (Wildman–Crippen MR) is 108 cm³/mol. The number of carbonyl (C=O) groups excluding carboxylic acids is 1. The highest BCUT2D eigenvalue weighted by Gasteiger charge is 2.26. The first kappa shape index (κ1) is 24.0. The van der Waals surface area contributed by atoms with Gasteiger partial charge in [-0.3, -0.25) is 4.79 Å². The Morgan fingerprint density at radius 1 is 1.24 bits per heavy atom. The van der Waals surface area contributed by atoms with Gasteiger partial charge < -0.3 is 20.3 Å². The predicted octanol–water partition coefficient (Wildman–Crippen LogP) is 2.61. The van der Waals surface area contributed by atoms with Gasteiger partial charge in [0.15, 0.2) is 0 Å². The Balaban J connectivity index is 0.00000288.